The third-order valence-corrected chi connectivity index (χ3v) is 7.30. The lowest BCUT2D eigenvalue weighted by atomic mass is 10.1. The molecule has 1 N–H and O–H groups in total. The summed E-state index contributed by atoms with van der Waals surface area (Å²) < 4.78 is 7.96. The minimum absolute atomic E-state index is 0.0930. The number of carbonyl (C=O) groups is 1. The van der Waals surface area contributed by atoms with E-state index in [1.54, 1.807) is 11.8 Å². The van der Waals surface area contributed by atoms with Crippen LogP contribution in [0.1, 0.15) is 48.3 Å². The van der Waals surface area contributed by atoms with Gasteiger partial charge in [-0.1, -0.05) is 18.6 Å². The first-order chi connectivity index (χ1) is 15.8. The molecule has 2 aliphatic rings. The number of anilines is 1. The summed E-state index contributed by atoms with van der Waals surface area (Å²) in [5.41, 5.74) is 2.49. The number of rotatable bonds is 6. The second-order valence-electron chi connectivity index (χ2n) is 8.38. The summed E-state index contributed by atoms with van der Waals surface area (Å²) in [4.78, 5) is 14.0. The Labute approximate surface area is 192 Å². The highest BCUT2D eigenvalue weighted by Gasteiger charge is 2.19. The Balaban J connectivity index is 1.27. The van der Waals surface area contributed by atoms with Gasteiger partial charge in [0.15, 0.2) is 5.82 Å². The van der Waals surface area contributed by atoms with E-state index in [-0.39, 0.29) is 12.0 Å². The fraction of sp³-hybridized carbons (Fsp3) is 0.400. The first-order valence-corrected chi connectivity index (χ1v) is 12.4. The van der Waals surface area contributed by atoms with E-state index in [2.05, 4.69) is 20.1 Å². The number of hydrogen-bond donors (Lipinski definition) is 1. The molecule has 7 heteroatoms. The third kappa shape index (κ3) is 4.74. The van der Waals surface area contributed by atoms with Gasteiger partial charge in [-0.05, 0) is 62.1 Å². The number of fused-ring (bicyclic) bond motifs is 1. The van der Waals surface area contributed by atoms with Gasteiger partial charge in [0.05, 0.1) is 11.7 Å². The highest BCUT2D eigenvalue weighted by molar-refractivity contribution is 7.99. The van der Waals surface area contributed by atoms with Crippen LogP contribution in [0.15, 0.2) is 53.4 Å². The zero-order chi connectivity index (χ0) is 21.8. The van der Waals surface area contributed by atoms with E-state index in [4.69, 9.17) is 4.74 Å². The molecule has 1 atom stereocenters. The minimum Gasteiger partial charge on any atom is -0.377 e. The van der Waals surface area contributed by atoms with Gasteiger partial charge in [-0.15, -0.1) is 22.0 Å². The maximum atomic E-state index is 13.0. The average Bonchev–Trinajstić information content (AvgIpc) is 3.43. The van der Waals surface area contributed by atoms with Crippen molar-refractivity contribution in [2.75, 3.05) is 17.7 Å². The Morgan fingerprint density at radius 3 is 2.78 bits per heavy atom. The summed E-state index contributed by atoms with van der Waals surface area (Å²) in [6, 6.07) is 15.7. The highest BCUT2D eigenvalue weighted by atomic mass is 32.2. The van der Waals surface area contributed by atoms with Gasteiger partial charge in [-0.25, -0.2) is 0 Å². The molecule has 3 heterocycles. The standard InChI is InChI=1S/C25H28N4O2S/c30-25(21-8-3-4-9-22(21)32-17-20-7-6-16-31-20)26-19-13-11-18(12-14-19)24-28-27-23-10-2-1-5-15-29(23)24/h3-4,8-9,11-14,20H,1-2,5-7,10,15-17H2,(H,26,30)/t20-/m1/s1. The molecule has 5 rings (SSSR count). The fourth-order valence-corrected chi connectivity index (χ4v) is 5.46. The van der Waals surface area contributed by atoms with Gasteiger partial charge in [0, 0.05) is 41.5 Å². The quantitative estimate of drug-likeness (QED) is 0.525. The summed E-state index contributed by atoms with van der Waals surface area (Å²) in [6.45, 7) is 1.82. The van der Waals surface area contributed by atoms with Crippen LogP contribution >= 0.6 is 11.8 Å². The molecule has 1 amide bonds. The molecule has 1 aromatic heterocycles. The number of nitrogens with zero attached hydrogens (tertiary/aromatic N) is 3. The predicted octanol–water partition coefficient (Wildman–Crippen LogP) is 5.19. The molecule has 0 bridgehead atoms. The van der Waals surface area contributed by atoms with Crippen molar-refractivity contribution in [3.8, 4) is 11.4 Å². The SMILES string of the molecule is O=C(Nc1ccc(-c2nnc3n2CCCCC3)cc1)c1ccccc1SC[C@H]1CCCO1. The van der Waals surface area contributed by atoms with Crippen molar-refractivity contribution in [3.63, 3.8) is 0 Å². The van der Waals surface area contributed by atoms with Crippen molar-refractivity contribution >= 4 is 23.4 Å². The molecule has 0 unspecified atom stereocenters. The van der Waals surface area contributed by atoms with Crippen LogP contribution < -0.4 is 5.32 Å². The molecule has 6 nitrogen and oxygen atoms in total. The summed E-state index contributed by atoms with van der Waals surface area (Å²) in [6.07, 6.45) is 7.08. The molecular formula is C25H28N4O2S. The molecule has 32 heavy (non-hydrogen) atoms. The number of ether oxygens (including phenoxy) is 1. The van der Waals surface area contributed by atoms with E-state index in [0.717, 1.165) is 72.4 Å². The maximum absolute atomic E-state index is 13.0. The first kappa shape index (κ1) is 21.2. The van der Waals surface area contributed by atoms with E-state index in [9.17, 15) is 4.79 Å². The molecule has 3 aromatic rings. The predicted molar refractivity (Wildman–Crippen MR) is 127 cm³/mol. The number of carbonyl (C=O) groups excluding carboxylic acids is 1. The molecule has 0 radical (unpaired) electrons. The van der Waals surface area contributed by atoms with Crippen molar-refractivity contribution in [2.24, 2.45) is 0 Å². The highest BCUT2D eigenvalue weighted by Crippen LogP contribution is 2.28. The Bertz CT molecular complexity index is 1070. The second kappa shape index (κ2) is 9.88. The van der Waals surface area contributed by atoms with Gasteiger partial charge >= 0.3 is 0 Å². The monoisotopic (exact) mass is 448 g/mol. The van der Waals surface area contributed by atoms with E-state index in [1.807, 2.05) is 48.5 Å². The van der Waals surface area contributed by atoms with E-state index in [1.165, 1.54) is 12.8 Å². The van der Waals surface area contributed by atoms with Crippen molar-refractivity contribution in [1.82, 2.24) is 14.8 Å². The average molecular weight is 449 g/mol. The molecular weight excluding hydrogens is 420 g/mol. The largest absolute Gasteiger partial charge is 0.377 e. The van der Waals surface area contributed by atoms with E-state index >= 15 is 0 Å². The third-order valence-electron chi connectivity index (χ3n) is 6.09. The molecule has 1 saturated heterocycles. The topological polar surface area (TPSA) is 69.0 Å². The summed E-state index contributed by atoms with van der Waals surface area (Å²) >= 11 is 1.69. The molecule has 0 saturated carbocycles. The van der Waals surface area contributed by atoms with Gasteiger partial charge in [0.25, 0.3) is 5.91 Å². The second-order valence-corrected chi connectivity index (χ2v) is 9.44. The Morgan fingerprint density at radius 1 is 1.06 bits per heavy atom. The molecule has 0 aliphatic carbocycles. The Hall–Kier alpha value is -2.64. The maximum Gasteiger partial charge on any atom is 0.256 e. The Morgan fingerprint density at radius 2 is 1.94 bits per heavy atom. The Kier molecular flexibility index (Phi) is 6.55. The number of aromatic nitrogens is 3. The van der Waals surface area contributed by atoms with Crippen LogP contribution in [-0.4, -0.2) is 39.1 Å². The van der Waals surface area contributed by atoms with Gasteiger partial charge in [0.1, 0.15) is 5.82 Å². The van der Waals surface area contributed by atoms with Crippen LogP contribution in [0.3, 0.4) is 0 Å². The zero-order valence-electron chi connectivity index (χ0n) is 18.1. The molecule has 2 aliphatic heterocycles. The summed E-state index contributed by atoms with van der Waals surface area (Å²) in [5, 5.41) is 11.9. The van der Waals surface area contributed by atoms with Crippen LogP contribution in [0, 0.1) is 0 Å². The number of thioether (sulfide) groups is 1. The van der Waals surface area contributed by atoms with Gasteiger partial charge in [-0.2, -0.15) is 0 Å². The lowest BCUT2D eigenvalue weighted by Crippen LogP contribution is -2.14. The van der Waals surface area contributed by atoms with E-state index in [0.29, 0.717) is 5.56 Å². The minimum atomic E-state index is -0.0930. The van der Waals surface area contributed by atoms with E-state index < -0.39 is 0 Å². The fourth-order valence-electron chi connectivity index (χ4n) is 4.34. The van der Waals surface area contributed by atoms with Gasteiger partial charge in [0.2, 0.25) is 0 Å². The van der Waals surface area contributed by atoms with Crippen molar-refractivity contribution in [1.29, 1.82) is 0 Å². The number of nitrogens with one attached hydrogen (secondary N) is 1. The molecule has 0 spiro atoms. The van der Waals surface area contributed by atoms with Gasteiger partial charge in [-0.3, -0.25) is 4.79 Å². The van der Waals surface area contributed by atoms with Crippen molar-refractivity contribution in [2.45, 2.75) is 56.1 Å². The number of amides is 1. The van der Waals surface area contributed by atoms with Crippen LogP contribution in [0.5, 0.6) is 0 Å². The van der Waals surface area contributed by atoms with Crippen LogP contribution in [-0.2, 0) is 17.7 Å². The molecule has 2 aromatic carbocycles. The first-order valence-electron chi connectivity index (χ1n) is 11.5. The lowest BCUT2D eigenvalue weighted by molar-refractivity contribution is 0.102. The number of benzene rings is 2. The number of aryl methyl sites for hydroxylation is 1. The zero-order valence-corrected chi connectivity index (χ0v) is 18.9. The number of hydrogen-bond acceptors (Lipinski definition) is 5. The summed E-state index contributed by atoms with van der Waals surface area (Å²) in [7, 11) is 0. The van der Waals surface area contributed by atoms with Crippen molar-refractivity contribution < 1.29 is 9.53 Å². The molecule has 1 fully saturated rings. The molecule has 166 valence electrons. The van der Waals surface area contributed by atoms with Crippen LogP contribution in [0.2, 0.25) is 0 Å². The summed E-state index contributed by atoms with van der Waals surface area (Å²) in [5.74, 6) is 2.77. The van der Waals surface area contributed by atoms with Crippen LogP contribution in [0.25, 0.3) is 11.4 Å². The van der Waals surface area contributed by atoms with Crippen LogP contribution in [0.4, 0.5) is 5.69 Å². The smallest absolute Gasteiger partial charge is 0.256 e. The van der Waals surface area contributed by atoms with Crippen molar-refractivity contribution in [3.05, 3.63) is 59.9 Å². The lowest BCUT2D eigenvalue weighted by Gasteiger charge is -2.13. The van der Waals surface area contributed by atoms with Gasteiger partial charge < -0.3 is 14.6 Å². The normalized spacial score (nSPS) is 18.2.